The first-order chi connectivity index (χ1) is 12.0. The van der Waals surface area contributed by atoms with Gasteiger partial charge in [0.25, 0.3) is 0 Å². The number of rotatable bonds is 3. The maximum atomic E-state index is 12.9. The van der Waals surface area contributed by atoms with E-state index in [1.54, 1.807) is 23.5 Å². The number of piperidine rings is 1. The Morgan fingerprint density at radius 2 is 1.96 bits per heavy atom. The Morgan fingerprint density at radius 3 is 2.64 bits per heavy atom. The Bertz CT molecular complexity index is 932. The number of oxazole rings is 1. The molecule has 2 aliphatic rings. The fourth-order valence-electron chi connectivity index (χ4n) is 4.06. The molecule has 2 saturated heterocycles. The average molecular weight is 365 g/mol. The number of sulfonamides is 1. The molecule has 136 valence electrons. The zero-order chi connectivity index (χ0) is 17.6. The van der Waals surface area contributed by atoms with Crippen molar-refractivity contribution in [2.24, 2.45) is 13.0 Å². The first-order valence-electron chi connectivity index (χ1n) is 8.80. The zero-order valence-electron chi connectivity index (χ0n) is 14.3. The normalized spacial score (nSPS) is 23.5. The summed E-state index contributed by atoms with van der Waals surface area (Å²) >= 11 is 0. The molecule has 0 saturated carbocycles. The first-order valence-corrected chi connectivity index (χ1v) is 10.2. The third-order valence-electron chi connectivity index (χ3n) is 5.57. The first kappa shape index (κ1) is 16.8. The molecule has 0 radical (unpaired) electrons. The number of nitrogens with one attached hydrogen (secondary N) is 1. The molecule has 1 N–H and O–H groups in total. The number of nitrogens with zero attached hydrogens (tertiary/aromatic N) is 2. The summed E-state index contributed by atoms with van der Waals surface area (Å²) in [5, 5.41) is 3.53. The van der Waals surface area contributed by atoms with Crippen molar-refractivity contribution in [1.82, 2.24) is 14.2 Å². The van der Waals surface area contributed by atoms with Crippen LogP contribution in [0.2, 0.25) is 0 Å². The summed E-state index contributed by atoms with van der Waals surface area (Å²) in [6, 6.07) is 5.18. The molecule has 0 amide bonds. The maximum Gasteiger partial charge on any atom is 0.419 e. The largest absolute Gasteiger partial charge is 0.419 e. The molecule has 2 fully saturated rings. The van der Waals surface area contributed by atoms with Gasteiger partial charge in [0.1, 0.15) is 0 Å². The SMILES string of the molecule is Cn1c(=O)oc2cc(S(=O)(=O)N3CCC(C4CCCN4)CC3)ccc21. The Hall–Kier alpha value is -1.64. The van der Waals surface area contributed by atoms with Gasteiger partial charge < -0.3 is 9.73 Å². The third-order valence-corrected chi connectivity index (χ3v) is 7.46. The topological polar surface area (TPSA) is 84.5 Å². The lowest BCUT2D eigenvalue weighted by Gasteiger charge is -2.34. The quantitative estimate of drug-likeness (QED) is 0.886. The Balaban J connectivity index is 1.54. The molecule has 1 unspecified atom stereocenters. The minimum atomic E-state index is -3.56. The summed E-state index contributed by atoms with van der Waals surface area (Å²) in [5.41, 5.74) is 0.897. The number of fused-ring (bicyclic) bond motifs is 1. The van der Waals surface area contributed by atoms with Crippen LogP contribution < -0.4 is 11.1 Å². The molecule has 7 nitrogen and oxygen atoms in total. The summed E-state index contributed by atoms with van der Waals surface area (Å²) in [7, 11) is -1.96. The molecule has 4 rings (SSSR count). The molecular weight excluding hydrogens is 342 g/mol. The highest BCUT2D eigenvalue weighted by atomic mass is 32.2. The van der Waals surface area contributed by atoms with Crippen molar-refractivity contribution >= 4 is 21.1 Å². The molecule has 1 aromatic carbocycles. The van der Waals surface area contributed by atoms with Gasteiger partial charge in [-0.25, -0.2) is 13.2 Å². The third kappa shape index (κ3) is 2.92. The van der Waals surface area contributed by atoms with Crippen LogP contribution in [0.3, 0.4) is 0 Å². The van der Waals surface area contributed by atoms with Crippen LogP contribution in [0, 0.1) is 5.92 Å². The Morgan fingerprint density at radius 1 is 1.20 bits per heavy atom. The van der Waals surface area contributed by atoms with Crippen molar-refractivity contribution < 1.29 is 12.8 Å². The molecule has 2 aliphatic heterocycles. The molecule has 0 bridgehead atoms. The van der Waals surface area contributed by atoms with E-state index in [4.69, 9.17) is 4.42 Å². The monoisotopic (exact) mass is 365 g/mol. The smallest absolute Gasteiger partial charge is 0.408 e. The lowest BCUT2D eigenvalue weighted by Crippen LogP contribution is -2.43. The van der Waals surface area contributed by atoms with Crippen LogP contribution in [0.25, 0.3) is 11.1 Å². The van der Waals surface area contributed by atoms with E-state index < -0.39 is 15.8 Å². The van der Waals surface area contributed by atoms with E-state index in [9.17, 15) is 13.2 Å². The van der Waals surface area contributed by atoms with E-state index in [1.165, 1.54) is 23.5 Å². The summed E-state index contributed by atoms with van der Waals surface area (Å²) in [6.45, 7) is 2.16. The van der Waals surface area contributed by atoms with Crippen molar-refractivity contribution in [1.29, 1.82) is 0 Å². The number of aryl methyl sites for hydroxylation is 1. The van der Waals surface area contributed by atoms with Gasteiger partial charge in [0.05, 0.1) is 10.4 Å². The van der Waals surface area contributed by atoms with Crippen molar-refractivity contribution in [2.75, 3.05) is 19.6 Å². The molecular formula is C17H23N3O4S. The number of hydrogen-bond donors (Lipinski definition) is 1. The summed E-state index contributed by atoms with van der Waals surface area (Å²) in [6.07, 6.45) is 4.19. The van der Waals surface area contributed by atoms with Crippen LogP contribution in [-0.4, -0.2) is 43.0 Å². The second-order valence-electron chi connectivity index (χ2n) is 7.00. The highest BCUT2D eigenvalue weighted by Gasteiger charge is 2.33. The highest BCUT2D eigenvalue weighted by Crippen LogP contribution is 2.29. The van der Waals surface area contributed by atoms with Gasteiger partial charge in [0, 0.05) is 32.2 Å². The summed E-state index contributed by atoms with van der Waals surface area (Å²) < 4.78 is 33.9. The van der Waals surface area contributed by atoms with Crippen LogP contribution in [-0.2, 0) is 17.1 Å². The second kappa shape index (κ2) is 6.26. The molecule has 2 aromatic rings. The molecule has 0 aliphatic carbocycles. The predicted molar refractivity (Wildman–Crippen MR) is 94.0 cm³/mol. The average Bonchev–Trinajstić information content (AvgIpc) is 3.24. The van der Waals surface area contributed by atoms with Gasteiger partial charge in [-0.3, -0.25) is 4.57 Å². The van der Waals surface area contributed by atoms with Gasteiger partial charge in [0.15, 0.2) is 5.58 Å². The van der Waals surface area contributed by atoms with Crippen LogP contribution in [0.15, 0.2) is 32.3 Å². The maximum absolute atomic E-state index is 12.9. The lowest BCUT2D eigenvalue weighted by atomic mass is 9.89. The minimum absolute atomic E-state index is 0.187. The van der Waals surface area contributed by atoms with Crippen molar-refractivity contribution in [2.45, 2.75) is 36.6 Å². The van der Waals surface area contributed by atoms with Crippen molar-refractivity contribution in [3.05, 3.63) is 28.7 Å². The van der Waals surface area contributed by atoms with Crippen LogP contribution in [0.5, 0.6) is 0 Å². The predicted octanol–water partition coefficient (Wildman–Crippen LogP) is 1.28. The van der Waals surface area contributed by atoms with Gasteiger partial charge in [-0.05, 0) is 50.3 Å². The van der Waals surface area contributed by atoms with E-state index >= 15 is 0 Å². The van der Waals surface area contributed by atoms with Gasteiger partial charge >= 0.3 is 5.76 Å². The number of benzene rings is 1. The van der Waals surface area contributed by atoms with Crippen LogP contribution in [0.4, 0.5) is 0 Å². The van der Waals surface area contributed by atoms with Crippen molar-refractivity contribution in [3.63, 3.8) is 0 Å². The van der Waals surface area contributed by atoms with E-state index in [2.05, 4.69) is 5.32 Å². The Kier molecular flexibility index (Phi) is 4.21. The Labute approximate surface area is 146 Å². The fourth-order valence-corrected chi connectivity index (χ4v) is 5.54. The summed E-state index contributed by atoms with van der Waals surface area (Å²) in [4.78, 5) is 11.8. The van der Waals surface area contributed by atoms with Crippen LogP contribution in [0.1, 0.15) is 25.7 Å². The molecule has 8 heteroatoms. The molecule has 3 heterocycles. The van der Waals surface area contributed by atoms with E-state index in [0.29, 0.717) is 36.1 Å². The molecule has 1 aromatic heterocycles. The lowest BCUT2D eigenvalue weighted by molar-refractivity contribution is 0.234. The second-order valence-corrected chi connectivity index (χ2v) is 8.94. The zero-order valence-corrected chi connectivity index (χ0v) is 15.1. The number of hydrogen-bond acceptors (Lipinski definition) is 5. The molecule has 1 atom stereocenters. The summed E-state index contributed by atoms with van der Waals surface area (Å²) in [5.74, 6) is 0.0676. The van der Waals surface area contributed by atoms with Crippen LogP contribution >= 0.6 is 0 Å². The number of aromatic nitrogens is 1. The van der Waals surface area contributed by atoms with E-state index in [-0.39, 0.29) is 4.90 Å². The van der Waals surface area contributed by atoms with Gasteiger partial charge in [-0.1, -0.05) is 0 Å². The van der Waals surface area contributed by atoms with Gasteiger partial charge in [-0.2, -0.15) is 4.31 Å². The van der Waals surface area contributed by atoms with Gasteiger partial charge in [-0.15, -0.1) is 0 Å². The van der Waals surface area contributed by atoms with Gasteiger partial charge in [0.2, 0.25) is 10.0 Å². The molecule has 0 spiro atoms. The van der Waals surface area contributed by atoms with E-state index in [0.717, 1.165) is 19.4 Å². The molecule has 25 heavy (non-hydrogen) atoms. The van der Waals surface area contributed by atoms with E-state index in [1.807, 2.05) is 0 Å². The highest BCUT2D eigenvalue weighted by molar-refractivity contribution is 7.89. The standard InChI is InChI=1S/C17H23N3O4S/c1-19-15-5-4-13(11-16(15)24-17(19)21)25(22,23)20-9-6-12(7-10-20)14-3-2-8-18-14/h4-5,11-12,14,18H,2-3,6-10H2,1H3. The fraction of sp³-hybridized carbons (Fsp3) is 0.588. The van der Waals surface area contributed by atoms with Crippen molar-refractivity contribution in [3.8, 4) is 0 Å². The minimum Gasteiger partial charge on any atom is -0.408 e.